The van der Waals surface area contributed by atoms with E-state index in [4.69, 9.17) is 20.1 Å². The summed E-state index contributed by atoms with van der Waals surface area (Å²) < 4.78 is 0. The fourth-order valence-corrected chi connectivity index (χ4v) is 1.59. The lowest BCUT2D eigenvalue weighted by atomic mass is 10.1. The highest BCUT2D eigenvalue weighted by Crippen LogP contribution is 2.10. The van der Waals surface area contributed by atoms with E-state index in [1.807, 2.05) is 0 Å². The summed E-state index contributed by atoms with van der Waals surface area (Å²) in [7, 11) is 0. The summed E-state index contributed by atoms with van der Waals surface area (Å²) in [5, 5.41) is 23.6. The minimum Gasteiger partial charge on any atom is -0.481 e. The number of aliphatic carboxylic acids is 3. The SMILES string of the molecule is CC(=O)O.CCC(=O)O.CCCCCCCCCCCC(=O)O. The molecule has 0 heterocycles. The highest BCUT2D eigenvalue weighted by molar-refractivity contribution is 5.66. The fourth-order valence-electron chi connectivity index (χ4n) is 1.59. The van der Waals surface area contributed by atoms with E-state index >= 15 is 0 Å². The van der Waals surface area contributed by atoms with Crippen LogP contribution in [-0.4, -0.2) is 33.2 Å². The first kappa shape index (κ1) is 26.3. The Labute approximate surface area is 139 Å². The van der Waals surface area contributed by atoms with Crippen LogP contribution in [0.4, 0.5) is 0 Å². The molecular formula is C17H34O6. The number of carbonyl (C=O) groups is 3. The molecule has 0 aliphatic rings. The van der Waals surface area contributed by atoms with Crippen molar-refractivity contribution in [2.45, 2.75) is 91.4 Å². The molecule has 138 valence electrons. The molecule has 0 aromatic carbocycles. The second-order valence-corrected chi connectivity index (χ2v) is 5.24. The van der Waals surface area contributed by atoms with Crippen molar-refractivity contribution in [3.63, 3.8) is 0 Å². The molecule has 0 aromatic heterocycles. The van der Waals surface area contributed by atoms with E-state index in [0.29, 0.717) is 6.42 Å². The molecule has 0 amide bonds. The summed E-state index contributed by atoms with van der Waals surface area (Å²) in [6.07, 6.45) is 11.7. The van der Waals surface area contributed by atoms with E-state index in [9.17, 15) is 9.59 Å². The lowest BCUT2D eigenvalue weighted by Crippen LogP contribution is -1.93. The van der Waals surface area contributed by atoms with Crippen LogP contribution in [0.15, 0.2) is 0 Å². The predicted molar refractivity (Wildman–Crippen MR) is 90.7 cm³/mol. The summed E-state index contributed by atoms with van der Waals surface area (Å²) in [4.78, 5) is 28.6. The van der Waals surface area contributed by atoms with E-state index in [2.05, 4.69) is 6.92 Å². The van der Waals surface area contributed by atoms with Crippen molar-refractivity contribution < 1.29 is 29.7 Å². The van der Waals surface area contributed by atoms with Gasteiger partial charge in [0.25, 0.3) is 5.97 Å². The smallest absolute Gasteiger partial charge is 0.303 e. The Balaban J connectivity index is -0.000000365. The maximum absolute atomic E-state index is 10.2. The summed E-state index contributed by atoms with van der Waals surface area (Å²) in [5.74, 6) is -2.24. The van der Waals surface area contributed by atoms with Crippen molar-refractivity contribution in [3.05, 3.63) is 0 Å². The Morgan fingerprint density at radius 1 is 0.652 bits per heavy atom. The van der Waals surface area contributed by atoms with Crippen molar-refractivity contribution in [1.29, 1.82) is 0 Å². The highest BCUT2D eigenvalue weighted by atomic mass is 16.4. The third-order valence-electron chi connectivity index (χ3n) is 2.80. The lowest BCUT2D eigenvalue weighted by molar-refractivity contribution is -0.137. The quantitative estimate of drug-likeness (QED) is 0.477. The van der Waals surface area contributed by atoms with Crippen LogP contribution < -0.4 is 0 Å². The Morgan fingerprint density at radius 3 is 1.22 bits per heavy atom. The van der Waals surface area contributed by atoms with Gasteiger partial charge in [0.2, 0.25) is 0 Å². The highest BCUT2D eigenvalue weighted by Gasteiger charge is 1.96. The average molecular weight is 334 g/mol. The van der Waals surface area contributed by atoms with Gasteiger partial charge in [-0.25, -0.2) is 0 Å². The van der Waals surface area contributed by atoms with Crippen LogP contribution in [0.25, 0.3) is 0 Å². The van der Waals surface area contributed by atoms with Gasteiger partial charge in [0.15, 0.2) is 0 Å². The van der Waals surface area contributed by atoms with E-state index in [0.717, 1.165) is 19.8 Å². The number of carboxylic acids is 3. The molecule has 0 spiro atoms. The molecule has 6 nitrogen and oxygen atoms in total. The fraction of sp³-hybridized carbons (Fsp3) is 0.824. The standard InChI is InChI=1S/C12H24O2.C3H6O2.C2H4O2/c1-2-3-4-5-6-7-8-9-10-11-12(13)14;1-2-3(4)5;1-2(3)4/h2-11H2,1H3,(H,13,14);2H2,1H3,(H,4,5);1H3,(H,3,4). The van der Waals surface area contributed by atoms with E-state index in [1.54, 1.807) is 6.92 Å². The van der Waals surface area contributed by atoms with Crippen molar-refractivity contribution in [2.24, 2.45) is 0 Å². The van der Waals surface area contributed by atoms with Crippen molar-refractivity contribution in [2.75, 3.05) is 0 Å². The third kappa shape index (κ3) is 53.1. The van der Waals surface area contributed by atoms with Gasteiger partial charge in [-0.15, -0.1) is 0 Å². The van der Waals surface area contributed by atoms with Gasteiger partial charge in [0, 0.05) is 19.8 Å². The molecule has 0 aliphatic carbocycles. The van der Waals surface area contributed by atoms with Gasteiger partial charge in [0.1, 0.15) is 0 Å². The molecule has 0 bridgehead atoms. The molecule has 0 unspecified atom stereocenters. The van der Waals surface area contributed by atoms with Crippen LogP contribution >= 0.6 is 0 Å². The molecule has 3 N–H and O–H groups in total. The zero-order chi connectivity index (χ0) is 18.5. The minimum absolute atomic E-state index is 0.222. The van der Waals surface area contributed by atoms with Crippen molar-refractivity contribution in [3.8, 4) is 0 Å². The van der Waals surface area contributed by atoms with Gasteiger partial charge in [-0.2, -0.15) is 0 Å². The molecule has 0 aromatic rings. The maximum atomic E-state index is 10.2. The molecule has 0 aliphatic heterocycles. The average Bonchev–Trinajstić information content (AvgIpc) is 2.45. The Morgan fingerprint density at radius 2 is 0.957 bits per heavy atom. The molecule has 0 atom stereocenters. The zero-order valence-electron chi connectivity index (χ0n) is 14.8. The second kappa shape index (κ2) is 22.7. The van der Waals surface area contributed by atoms with Crippen LogP contribution in [-0.2, 0) is 14.4 Å². The molecule has 0 radical (unpaired) electrons. The first-order valence-corrected chi connectivity index (χ1v) is 8.40. The van der Waals surface area contributed by atoms with Crippen molar-refractivity contribution >= 4 is 17.9 Å². The van der Waals surface area contributed by atoms with Gasteiger partial charge >= 0.3 is 11.9 Å². The summed E-state index contributed by atoms with van der Waals surface area (Å²) in [5.41, 5.74) is 0. The van der Waals surface area contributed by atoms with Gasteiger partial charge in [-0.3, -0.25) is 14.4 Å². The molecule has 0 saturated heterocycles. The van der Waals surface area contributed by atoms with Crippen LogP contribution in [0.3, 0.4) is 0 Å². The van der Waals surface area contributed by atoms with E-state index in [-0.39, 0.29) is 6.42 Å². The predicted octanol–water partition coefficient (Wildman–Crippen LogP) is 4.56. The molecular weight excluding hydrogens is 300 g/mol. The van der Waals surface area contributed by atoms with E-state index < -0.39 is 17.9 Å². The molecule has 6 heteroatoms. The normalized spacial score (nSPS) is 9.00. The Hall–Kier alpha value is -1.59. The van der Waals surface area contributed by atoms with Gasteiger partial charge in [-0.1, -0.05) is 65.2 Å². The Kier molecular flexibility index (Phi) is 26.0. The van der Waals surface area contributed by atoms with Crippen LogP contribution in [0.1, 0.15) is 91.4 Å². The van der Waals surface area contributed by atoms with Crippen LogP contribution in [0, 0.1) is 0 Å². The lowest BCUT2D eigenvalue weighted by Gasteiger charge is -2.00. The number of hydrogen-bond donors (Lipinski definition) is 3. The third-order valence-corrected chi connectivity index (χ3v) is 2.80. The first-order chi connectivity index (χ1) is 10.8. The molecule has 0 saturated carbocycles. The largest absolute Gasteiger partial charge is 0.481 e. The van der Waals surface area contributed by atoms with Crippen LogP contribution in [0.2, 0.25) is 0 Å². The number of hydrogen-bond acceptors (Lipinski definition) is 3. The van der Waals surface area contributed by atoms with E-state index in [1.165, 1.54) is 44.9 Å². The number of unbranched alkanes of at least 4 members (excludes halogenated alkanes) is 8. The first-order valence-electron chi connectivity index (χ1n) is 8.40. The topological polar surface area (TPSA) is 112 Å². The molecule has 0 fully saturated rings. The summed E-state index contributed by atoms with van der Waals surface area (Å²) >= 11 is 0. The van der Waals surface area contributed by atoms with Crippen LogP contribution in [0.5, 0.6) is 0 Å². The zero-order valence-corrected chi connectivity index (χ0v) is 14.8. The number of carboxylic acid groups (broad SMARTS) is 3. The molecule has 23 heavy (non-hydrogen) atoms. The number of rotatable bonds is 11. The molecule has 0 rings (SSSR count). The van der Waals surface area contributed by atoms with Gasteiger partial charge < -0.3 is 15.3 Å². The second-order valence-electron chi connectivity index (χ2n) is 5.24. The Bertz CT molecular complexity index is 285. The van der Waals surface area contributed by atoms with Crippen molar-refractivity contribution in [1.82, 2.24) is 0 Å². The summed E-state index contributed by atoms with van der Waals surface area (Å²) in [6, 6.07) is 0. The maximum Gasteiger partial charge on any atom is 0.303 e. The monoisotopic (exact) mass is 334 g/mol. The summed E-state index contributed by atoms with van der Waals surface area (Å²) in [6.45, 7) is 4.91. The van der Waals surface area contributed by atoms with Gasteiger partial charge in [-0.05, 0) is 6.42 Å². The van der Waals surface area contributed by atoms with Gasteiger partial charge in [0.05, 0.1) is 0 Å². The minimum atomic E-state index is -0.833.